The molecular formula is C23H23N5O2S. The number of pyridine rings is 1. The van der Waals surface area contributed by atoms with E-state index in [1.54, 1.807) is 0 Å². The number of hydrogen-bond donors (Lipinski definition) is 1. The molecule has 5 rings (SSSR count). The van der Waals surface area contributed by atoms with Crippen molar-refractivity contribution in [2.45, 2.75) is 13.0 Å². The van der Waals surface area contributed by atoms with E-state index in [9.17, 15) is 8.42 Å². The SMILES string of the molecule is CS(=O)(=O)N1CC=C(c2cnc3[nH]cc(-c4cnn(Cc5ccccc5)c4)c3c2)CC1. The van der Waals surface area contributed by atoms with Gasteiger partial charge in [0, 0.05) is 48.2 Å². The maximum atomic E-state index is 11.8. The molecule has 0 fully saturated rings. The van der Waals surface area contributed by atoms with Gasteiger partial charge >= 0.3 is 0 Å². The number of benzene rings is 1. The number of H-pyrrole nitrogens is 1. The molecule has 7 nitrogen and oxygen atoms in total. The third-order valence-electron chi connectivity index (χ3n) is 5.67. The lowest BCUT2D eigenvalue weighted by atomic mass is 10.00. The summed E-state index contributed by atoms with van der Waals surface area (Å²) < 4.78 is 26.9. The van der Waals surface area contributed by atoms with Crippen LogP contribution in [-0.2, 0) is 16.6 Å². The molecule has 3 aromatic heterocycles. The van der Waals surface area contributed by atoms with Crippen molar-refractivity contribution in [2.24, 2.45) is 0 Å². The number of nitrogens with zero attached hydrogens (tertiary/aromatic N) is 4. The molecule has 0 atom stereocenters. The highest BCUT2D eigenvalue weighted by atomic mass is 32.2. The Balaban J connectivity index is 1.43. The first kappa shape index (κ1) is 19.7. The second-order valence-electron chi connectivity index (χ2n) is 7.84. The van der Waals surface area contributed by atoms with Crippen LogP contribution in [0, 0.1) is 0 Å². The fourth-order valence-corrected chi connectivity index (χ4v) is 4.76. The highest BCUT2D eigenvalue weighted by molar-refractivity contribution is 7.88. The highest BCUT2D eigenvalue weighted by Crippen LogP contribution is 2.31. The Morgan fingerprint density at radius 3 is 2.71 bits per heavy atom. The number of aromatic amines is 1. The summed E-state index contributed by atoms with van der Waals surface area (Å²) in [5.41, 5.74) is 6.26. The molecule has 0 bridgehead atoms. The summed E-state index contributed by atoms with van der Waals surface area (Å²) in [5.74, 6) is 0. The summed E-state index contributed by atoms with van der Waals surface area (Å²) in [6.45, 7) is 1.61. The number of hydrogen-bond acceptors (Lipinski definition) is 4. The molecule has 0 aliphatic carbocycles. The van der Waals surface area contributed by atoms with Gasteiger partial charge in [-0.25, -0.2) is 13.4 Å². The minimum atomic E-state index is -3.16. The second-order valence-corrected chi connectivity index (χ2v) is 9.82. The van der Waals surface area contributed by atoms with Gasteiger partial charge in [0.1, 0.15) is 5.65 Å². The first-order chi connectivity index (χ1) is 15.0. The predicted octanol–water partition coefficient (Wildman–Crippen LogP) is 3.52. The molecule has 1 aliphatic rings. The predicted molar refractivity (Wildman–Crippen MR) is 122 cm³/mol. The largest absolute Gasteiger partial charge is 0.346 e. The summed E-state index contributed by atoms with van der Waals surface area (Å²) in [7, 11) is -3.16. The van der Waals surface area contributed by atoms with Crippen LogP contribution in [0.3, 0.4) is 0 Å². The average molecular weight is 434 g/mol. The Labute approximate surface area is 181 Å². The zero-order valence-electron chi connectivity index (χ0n) is 17.2. The second kappa shape index (κ2) is 7.79. The molecule has 4 aromatic rings. The molecule has 1 aliphatic heterocycles. The lowest BCUT2D eigenvalue weighted by molar-refractivity contribution is 0.446. The average Bonchev–Trinajstić information content (AvgIpc) is 3.40. The smallest absolute Gasteiger partial charge is 0.211 e. The summed E-state index contributed by atoms with van der Waals surface area (Å²) in [6.07, 6.45) is 11.7. The van der Waals surface area contributed by atoms with Crippen molar-refractivity contribution in [1.82, 2.24) is 24.1 Å². The van der Waals surface area contributed by atoms with Gasteiger partial charge in [0.05, 0.1) is 19.0 Å². The zero-order valence-corrected chi connectivity index (χ0v) is 18.0. The Kier molecular flexibility index (Phi) is 4.95. The third-order valence-corrected chi connectivity index (χ3v) is 6.94. The van der Waals surface area contributed by atoms with Crippen molar-refractivity contribution in [2.75, 3.05) is 19.3 Å². The van der Waals surface area contributed by atoms with Crippen LogP contribution in [0.1, 0.15) is 17.5 Å². The van der Waals surface area contributed by atoms with Crippen molar-refractivity contribution < 1.29 is 8.42 Å². The summed E-state index contributed by atoms with van der Waals surface area (Å²) in [5, 5.41) is 5.56. The van der Waals surface area contributed by atoms with Gasteiger partial charge in [-0.3, -0.25) is 4.68 Å². The maximum absolute atomic E-state index is 11.8. The Hall–Kier alpha value is -3.23. The lowest BCUT2D eigenvalue weighted by Crippen LogP contribution is -2.33. The molecule has 1 N–H and O–H groups in total. The van der Waals surface area contributed by atoms with Gasteiger partial charge in [-0.05, 0) is 29.2 Å². The molecule has 8 heteroatoms. The number of fused-ring (bicyclic) bond motifs is 1. The van der Waals surface area contributed by atoms with E-state index >= 15 is 0 Å². The Morgan fingerprint density at radius 2 is 1.97 bits per heavy atom. The van der Waals surface area contributed by atoms with Crippen molar-refractivity contribution in [1.29, 1.82) is 0 Å². The summed E-state index contributed by atoms with van der Waals surface area (Å²) in [6, 6.07) is 12.4. The van der Waals surface area contributed by atoms with E-state index in [1.807, 2.05) is 53.7 Å². The molecule has 0 saturated heterocycles. The number of aromatic nitrogens is 4. The van der Waals surface area contributed by atoms with Crippen LogP contribution >= 0.6 is 0 Å². The van der Waals surface area contributed by atoms with Crippen LogP contribution in [0.25, 0.3) is 27.7 Å². The topological polar surface area (TPSA) is 83.9 Å². The van der Waals surface area contributed by atoms with E-state index in [4.69, 9.17) is 0 Å². The minimum absolute atomic E-state index is 0.401. The van der Waals surface area contributed by atoms with Crippen molar-refractivity contribution in [3.8, 4) is 11.1 Å². The summed E-state index contributed by atoms with van der Waals surface area (Å²) in [4.78, 5) is 7.84. The van der Waals surface area contributed by atoms with Gasteiger partial charge in [0.2, 0.25) is 10.0 Å². The van der Waals surface area contributed by atoms with E-state index in [0.29, 0.717) is 19.5 Å². The van der Waals surface area contributed by atoms with Crippen molar-refractivity contribution in [3.05, 3.63) is 78.4 Å². The van der Waals surface area contributed by atoms with Crippen LogP contribution in [0.4, 0.5) is 0 Å². The number of sulfonamides is 1. The van der Waals surface area contributed by atoms with Gasteiger partial charge < -0.3 is 4.98 Å². The van der Waals surface area contributed by atoms with Crippen LogP contribution in [0.5, 0.6) is 0 Å². The fourth-order valence-electron chi connectivity index (χ4n) is 3.99. The van der Waals surface area contributed by atoms with Crippen LogP contribution in [0.2, 0.25) is 0 Å². The van der Waals surface area contributed by atoms with Crippen molar-refractivity contribution in [3.63, 3.8) is 0 Å². The van der Waals surface area contributed by atoms with Crippen LogP contribution in [0.15, 0.2) is 67.3 Å². The van der Waals surface area contributed by atoms with E-state index in [-0.39, 0.29) is 0 Å². The molecule has 31 heavy (non-hydrogen) atoms. The molecule has 158 valence electrons. The quantitative estimate of drug-likeness (QED) is 0.522. The van der Waals surface area contributed by atoms with Gasteiger partial charge in [-0.1, -0.05) is 36.4 Å². The molecule has 0 unspecified atom stereocenters. The monoisotopic (exact) mass is 433 g/mol. The van der Waals surface area contributed by atoms with Gasteiger partial charge in [-0.2, -0.15) is 9.40 Å². The van der Waals surface area contributed by atoms with E-state index < -0.39 is 10.0 Å². The number of nitrogens with one attached hydrogen (secondary N) is 1. The Bertz CT molecular complexity index is 1370. The molecular weight excluding hydrogens is 410 g/mol. The van der Waals surface area contributed by atoms with Crippen LogP contribution in [-0.4, -0.2) is 51.8 Å². The normalized spacial score (nSPS) is 15.3. The first-order valence-corrected chi connectivity index (χ1v) is 12.0. The molecule has 1 aromatic carbocycles. The van der Waals surface area contributed by atoms with Crippen molar-refractivity contribution >= 4 is 26.6 Å². The van der Waals surface area contributed by atoms with Gasteiger partial charge in [0.15, 0.2) is 0 Å². The van der Waals surface area contributed by atoms with Gasteiger partial charge in [0.25, 0.3) is 0 Å². The maximum Gasteiger partial charge on any atom is 0.211 e. The molecule has 0 radical (unpaired) electrons. The van der Waals surface area contributed by atoms with Gasteiger partial charge in [-0.15, -0.1) is 0 Å². The first-order valence-electron chi connectivity index (χ1n) is 10.2. The van der Waals surface area contributed by atoms with Crippen LogP contribution < -0.4 is 0 Å². The standard InChI is InChI=1S/C23H23N5O2S/c1-31(29,30)28-9-7-18(8-10-28)19-11-21-22(14-25-23(21)24-12-19)20-13-26-27(16-20)15-17-5-3-2-4-6-17/h2-7,11-14,16H,8-10,15H2,1H3,(H,24,25). The zero-order chi connectivity index (χ0) is 21.4. The fraction of sp³-hybridized carbons (Fsp3) is 0.217. The number of rotatable bonds is 5. The molecule has 4 heterocycles. The lowest BCUT2D eigenvalue weighted by Gasteiger charge is -2.24. The third kappa shape index (κ3) is 4.04. The molecule has 0 spiro atoms. The molecule has 0 amide bonds. The minimum Gasteiger partial charge on any atom is -0.346 e. The van der Waals surface area contributed by atoms with E-state index in [2.05, 4.69) is 33.3 Å². The highest BCUT2D eigenvalue weighted by Gasteiger charge is 2.21. The summed E-state index contributed by atoms with van der Waals surface area (Å²) >= 11 is 0. The Morgan fingerprint density at radius 1 is 1.13 bits per heavy atom. The van der Waals surface area contributed by atoms with E-state index in [1.165, 1.54) is 16.1 Å². The van der Waals surface area contributed by atoms with E-state index in [0.717, 1.165) is 39.8 Å². The molecule has 0 saturated carbocycles.